The number of esters is 3. The molecule has 0 aromatic carbocycles. The Kier molecular flexibility index (Phi) is 41.6. The molecule has 1 atom stereocenters. The third-order valence-electron chi connectivity index (χ3n) is 9.23. The van der Waals surface area contributed by atoms with E-state index in [-0.39, 0.29) is 31.1 Å². The Morgan fingerprint density at radius 3 is 1.23 bits per heavy atom. The molecule has 0 saturated carbocycles. The molecule has 0 fully saturated rings. The number of carbonyl (C=O) groups is 3. The van der Waals surface area contributed by atoms with Crippen molar-refractivity contribution < 1.29 is 28.6 Å². The highest BCUT2D eigenvalue weighted by atomic mass is 16.6. The minimum absolute atomic E-state index is 0.113. The third-order valence-corrected chi connectivity index (χ3v) is 9.23. The summed E-state index contributed by atoms with van der Waals surface area (Å²) in [6, 6.07) is 0. The predicted octanol–water partition coefficient (Wildman–Crippen LogP) is 14.5. The molecule has 0 amide bonds. The Bertz CT molecular complexity index is 1120. The fourth-order valence-electron chi connectivity index (χ4n) is 5.81. The van der Waals surface area contributed by atoms with Gasteiger partial charge in [0.25, 0.3) is 0 Å². The maximum atomic E-state index is 12.7. The molecular formula is C50H82O6. The number of allylic oxidation sites excluding steroid dienone is 14. The Morgan fingerprint density at radius 2 is 0.732 bits per heavy atom. The fourth-order valence-corrected chi connectivity index (χ4v) is 5.81. The van der Waals surface area contributed by atoms with Gasteiger partial charge in [0.1, 0.15) is 13.2 Å². The summed E-state index contributed by atoms with van der Waals surface area (Å²) >= 11 is 0. The van der Waals surface area contributed by atoms with Crippen LogP contribution in [0.4, 0.5) is 0 Å². The van der Waals surface area contributed by atoms with Gasteiger partial charge in [-0.1, -0.05) is 176 Å². The largest absolute Gasteiger partial charge is 0.462 e. The monoisotopic (exact) mass is 779 g/mol. The standard InChI is InChI=1S/C50H82O6/c1-4-7-10-13-16-19-21-23-25-27-28-31-34-37-40-43-49(52)55-46-47(45-54-48(51)42-39-36-33-30-18-15-12-9-6-3)56-50(53)44-41-38-35-32-29-26-24-22-20-17-14-11-8-5-2/h7,10,13,16,19,21,23,25-30,33,47H,4-6,8-9,11-12,14-15,17-18,20,22,24,31-32,34-46H2,1-3H3/b10-7-,16-13-,21-19-,25-23-,28-27-,29-26-,33-30-. The quantitative estimate of drug-likeness (QED) is 0.0203. The van der Waals surface area contributed by atoms with Crippen molar-refractivity contribution in [3.63, 3.8) is 0 Å². The van der Waals surface area contributed by atoms with E-state index in [1.165, 1.54) is 70.6 Å². The molecule has 0 aliphatic carbocycles. The molecule has 0 aliphatic rings. The lowest BCUT2D eigenvalue weighted by Gasteiger charge is -2.18. The van der Waals surface area contributed by atoms with Crippen LogP contribution in [0.2, 0.25) is 0 Å². The maximum absolute atomic E-state index is 12.7. The predicted molar refractivity (Wildman–Crippen MR) is 237 cm³/mol. The summed E-state index contributed by atoms with van der Waals surface area (Å²) in [7, 11) is 0. The minimum Gasteiger partial charge on any atom is -0.462 e. The van der Waals surface area contributed by atoms with Crippen molar-refractivity contribution in [2.24, 2.45) is 0 Å². The summed E-state index contributed by atoms with van der Waals surface area (Å²) in [5, 5.41) is 0. The van der Waals surface area contributed by atoms with E-state index in [1.807, 2.05) is 48.6 Å². The normalized spacial score (nSPS) is 12.8. The van der Waals surface area contributed by atoms with Crippen molar-refractivity contribution in [2.75, 3.05) is 13.2 Å². The van der Waals surface area contributed by atoms with E-state index in [4.69, 9.17) is 14.2 Å². The molecule has 318 valence electrons. The molecule has 0 heterocycles. The van der Waals surface area contributed by atoms with E-state index in [2.05, 4.69) is 57.2 Å². The van der Waals surface area contributed by atoms with Gasteiger partial charge in [-0.3, -0.25) is 14.4 Å². The van der Waals surface area contributed by atoms with Gasteiger partial charge in [0, 0.05) is 19.3 Å². The van der Waals surface area contributed by atoms with Crippen LogP contribution in [0.5, 0.6) is 0 Å². The zero-order valence-corrected chi connectivity index (χ0v) is 36.1. The van der Waals surface area contributed by atoms with Crippen LogP contribution in [0.25, 0.3) is 0 Å². The van der Waals surface area contributed by atoms with Crippen LogP contribution >= 0.6 is 0 Å². The van der Waals surface area contributed by atoms with Gasteiger partial charge in [-0.05, 0) is 83.5 Å². The molecule has 0 aliphatic heterocycles. The first-order valence-electron chi connectivity index (χ1n) is 22.7. The molecule has 0 bridgehead atoms. The molecule has 0 aromatic heterocycles. The van der Waals surface area contributed by atoms with Gasteiger partial charge >= 0.3 is 17.9 Å². The first-order valence-corrected chi connectivity index (χ1v) is 22.7. The van der Waals surface area contributed by atoms with Crippen molar-refractivity contribution in [3.8, 4) is 0 Å². The van der Waals surface area contributed by atoms with Gasteiger partial charge in [-0.25, -0.2) is 0 Å². The second-order valence-corrected chi connectivity index (χ2v) is 14.7. The van der Waals surface area contributed by atoms with Crippen LogP contribution in [-0.2, 0) is 28.6 Å². The Labute approximate surface area is 344 Å². The first kappa shape index (κ1) is 52.6. The average molecular weight is 779 g/mol. The van der Waals surface area contributed by atoms with E-state index in [0.717, 1.165) is 77.0 Å². The van der Waals surface area contributed by atoms with Crippen molar-refractivity contribution in [3.05, 3.63) is 85.1 Å². The molecule has 0 spiro atoms. The van der Waals surface area contributed by atoms with Crippen molar-refractivity contribution >= 4 is 17.9 Å². The van der Waals surface area contributed by atoms with Crippen molar-refractivity contribution in [1.29, 1.82) is 0 Å². The molecule has 0 rings (SSSR count). The summed E-state index contributed by atoms with van der Waals surface area (Å²) in [5.41, 5.74) is 0. The summed E-state index contributed by atoms with van der Waals surface area (Å²) in [5.74, 6) is -1.01. The number of hydrogen-bond donors (Lipinski definition) is 0. The highest BCUT2D eigenvalue weighted by Gasteiger charge is 2.19. The van der Waals surface area contributed by atoms with E-state index < -0.39 is 6.10 Å². The summed E-state index contributed by atoms with van der Waals surface area (Å²) in [6.07, 6.45) is 55.7. The summed E-state index contributed by atoms with van der Waals surface area (Å²) < 4.78 is 16.6. The number of carbonyl (C=O) groups excluding carboxylic acids is 3. The molecule has 1 unspecified atom stereocenters. The highest BCUT2D eigenvalue weighted by molar-refractivity contribution is 5.71. The summed E-state index contributed by atoms with van der Waals surface area (Å²) in [4.78, 5) is 37.7. The molecule has 0 radical (unpaired) electrons. The lowest BCUT2D eigenvalue weighted by Crippen LogP contribution is -2.30. The number of unbranched alkanes of at least 4 members (excludes halogenated alkanes) is 18. The van der Waals surface area contributed by atoms with Gasteiger partial charge < -0.3 is 14.2 Å². The Hall–Kier alpha value is -3.41. The van der Waals surface area contributed by atoms with Gasteiger partial charge in [0.05, 0.1) is 0 Å². The lowest BCUT2D eigenvalue weighted by atomic mass is 10.1. The molecule has 6 heteroatoms. The number of rotatable bonds is 39. The number of hydrogen-bond acceptors (Lipinski definition) is 6. The average Bonchev–Trinajstić information content (AvgIpc) is 3.19. The highest BCUT2D eigenvalue weighted by Crippen LogP contribution is 2.12. The zero-order chi connectivity index (χ0) is 40.8. The van der Waals surface area contributed by atoms with Gasteiger partial charge in [0.2, 0.25) is 0 Å². The van der Waals surface area contributed by atoms with Gasteiger partial charge in [0.15, 0.2) is 6.10 Å². The smallest absolute Gasteiger partial charge is 0.306 e. The van der Waals surface area contributed by atoms with Crippen LogP contribution in [0.1, 0.15) is 194 Å². The SMILES string of the molecule is CC\C=C/C=C\C=C/C=C\C=C/CCCCCC(=O)OCC(COC(=O)CCC/C=C\CCCCCC)OC(=O)CCCCC/C=C\CCCCCCCCC. The first-order chi connectivity index (χ1) is 27.5. The number of ether oxygens (including phenoxy) is 3. The van der Waals surface area contributed by atoms with Gasteiger partial charge in [-0.15, -0.1) is 0 Å². The Balaban J connectivity index is 4.51. The van der Waals surface area contributed by atoms with Crippen LogP contribution in [0, 0.1) is 0 Å². The van der Waals surface area contributed by atoms with Crippen LogP contribution in [0.3, 0.4) is 0 Å². The fraction of sp³-hybridized carbons (Fsp3) is 0.660. The molecule has 0 saturated heterocycles. The van der Waals surface area contributed by atoms with Crippen molar-refractivity contribution in [2.45, 2.75) is 200 Å². The Morgan fingerprint density at radius 1 is 0.375 bits per heavy atom. The topological polar surface area (TPSA) is 78.9 Å². The van der Waals surface area contributed by atoms with Crippen LogP contribution < -0.4 is 0 Å². The molecule has 0 aromatic rings. The molecule has 56 heavy (non-hydrogen) atoms. The van der Waals surface area contributed by atoms with Gasteiger partial charge in [-0.2, -0.15) is 0 Å². The van der Waals surface area contributed by atoms with E-state index in [9.17, 15) is 14.4 Å². The van der Waals surface area contributed by atoms with E-state index in [1.54, 1.807) is 0 Å². The van der Waals surface area contributed by atoms with Crippen LogP contribution in [0.15, 0.2) is 85.1 Å². The zero-order valence-electron chi connectivity index (χ0n) is 36.1. The van der Waals surface area contributed by atoms with Crippen LogP contribution in [-0.4, -0.2) is 37.2 Å². The summed E-state index contributed by atoms with van der Waals surface area (Å²) in [6.45, 7) is 6.35. The van der Waals surface area contributed by atoms with Crippen molar-refractivity contribution in [1.82, 2.24) is 0 Å². The molecule has 6 nitrogen and oxygen atoms in total. The third kappa shape index (κ3) is 41.7. The second-order valence-electron chi connectivity index (χ2n) is 14.7. The minimum atomic E-state index is -0.810. The van der Waals surface area contributed by atoms with E-state index >= 15 is 0 Å². The van der Waals surface area contributed by atoms with E-state index in [0.29, 0.717) is 25.7 Å². The second kappa shape index (κ2) is 44.3. The molecule has 0 N–H and O–H groups in total. The lowest BCUT2D eigenvalue weighted by molar-refractivity contribution is -0.167. The molecular weight excluding hydrogens is 697 g/mol. The maximum Gasteiger partial charge on any atom is 0.306 e.